The first-order valence-electron chi connectivity index (χ1n) is 11.0. The number of hydrogen-bond acceptors (Lipinski definition) is 6. The second kappa shape index (κ2) is 9.60. The lowest BCUT2D eigenvalue weighted by Crippen LogP contribution is -2.29. The summed E-state index contributed by atoms with van der Waals surface area (Å²) in [6.45, 7) is 0. The zero-order valence-corrected chi connectivity index (χ0v) is 20.0. The predicted molar refractivity (Wildman–Crippen MR) is 136 cm³/mol. The molecule has 8 heteroatoms. The van der Waals surface area contributed by atoms with Gasteiger partial charge in [-0.1, -0.05) is 30.3 Å². The number of nitrogens with one attached hydrogen (secondary N) is 1. The molecule has 0 radical (unpaired) electrons. The van der Waals surface area contributed by atoms with Gasteiger partial charge in [-0.15, -0.1) is 0 Å². The van der Waals surface area contributed by atoms with Crippen LogP contribution in [0.4, 0.5) is 5.69 Å². The van der Waals surface area contributed by atoms with E-state index in [2.05, 4.69) is 10.3 Å². The van der Waals surface area contributed by atoms with Gasteiger partial charge in [0, 0.05) is 11.8 Å². The second-order valence-electron chi connectivity index (χ2n) is 7.94. The van der Waals surface area contributed by atoms with Gasteiger partial charge in [0.15, 0.2) is 5.11 Å². The second-order valence-corrected chi connectivity index (χ2v) is 8.33. The molecule has 0 aliphatic carbocycles. The topological polar surface area (TPSA) is 76.8 Å². The molecule has 3 heterocycles. The van der Waals surface area contributed by atoms with Crippen LogP contribution in [0.15, 0.2) is 89.5 Å². The number of nitrogens with zero attached hydrogens (tertiary/aromatic N) is 2. The third kappa shape index (κ3) is 4.24. The number of benzene rings is 2. The van der Waals surface area contributed by atoms with Gasteiger partial charge in [-0.25, -0.2) is 4.79 Å². The van der Waals surface area contributed by atoms with Crippen LogP contribution >= 0.6 is 12.2 Å². The number of thiocarbonyl (C=S) groups is 1. The molecule has 0 saturated carbocycles. The number of para-hydroxylation sites is 2. The summed E-state index contributed by atoms with van der Waals surface area (Å²) >= 11 is 5.78. The Bertz CT molecular complexity index is 1370. The van der Waals surface area contributed by atoms with Crippen LogP contribution in [0.5, 0.6) is 5.75 Å². The third-order valence-electron chi connectivity index (χ3n) is 5.93. The fourth-order valence-electron chi connectivity index (χ4n) is 4.32. The number of carbonyl (C=O) groups excluding carboxylic acids is 1. The Morgan fingerprint density at radius 2 is 1.86 bits per heavy atom. The van der Waals surface area contributed by atoms with Crippen LogP contribution in [0.1, 0.15) is 33.9 Å². The van der Waals surface area contributed by atoms with Crippen molar-refractivity contribution in [1.82, 2.24) is 10.3 Å². The number of rotatable bonds is 6. The monoisotopic (exact) mass is 485 g/mol. The first kappa shape index (κ1) is 22.6. The number of ether oxygens (including phenoxy) is 2. The Morgan fingerprint density at radius 1 is 1.03 bits per heavy atom. The van der Waals surface area contributed by atoms with Gasteiger partial charge in [0.2, 0.25) is 0 Å². The standard InChI is InChI=1S/C27H23N3O4S/c1-32-22-12-4-3-11-20(22)30-25(24(29-27(30)35)19-10-5-6-15-28-19)23-14-13-21(34-23)17-8-7-9-18(16-17)26(31)33-2/h3-16,24-25H,1-2H3,(H,29,35)/t24-,25-/m1/s1. The van der Waals surface area contributed by atoms with Gasteiger partial charge < -0.3 is 24.1 Å². The highest BCUT2D eigenvalue weighted by molar-refractivity contribution is 7.80. The maximum absolute atomic E-state index is 12.0. The summed E-state index contributed by atoms with van der Waals surface area (Å²) in [7, 11) is 3.00. The van der Waals surface area contributed by atoms with E-state index in [4.69, 9.17) is 26.1 Å². The summed E-state index contributed by atoms with van der Waals surface area (Å²) in [5, 5.41) is 3.96. The SMILES string of the molecule is COC(=O)c1cccc(-c2ccc([C@@H]3[C@@H](c4ccccn4)NC(=S)N3c3ccccc3OC)o2)c1. The molecule has 5 rings (SSSR count). The molecule has 2 atom stereocenters. The number of furan rings is 1. The Hall–Kier alpha value is -4.17. The van der Waals surface area contributed by atoms with Crippen LogP contribution in [0.25, 0.3) is 11.3 Å². The molecule has 1 aliphatic rings. The summed E-state index contributed by atoms with van der Waals surface area (Å²) in [4.78, 5) is 18.6. The summed E-state index contributed by atoms with van der Waals surface area (Å²) in [5.74, 6) is 1.61. The molecule has 1 fully saturated rings. The lowest BCUT2D eigenvalue weighted by molar-refractivity contribution is 0.0601. The van der Waals surface area contributed by atoms with Crippen LogP contribution in [-0.2, 0) is 4.74 Å². The molecule has 0 spiro atoms. The van der Waals surface area contributed by atoms with E-state index >= 15 is 0 Å². The van der Waals surface area contributed by atoms with Crippen LogP contribution in [0.3, 0.4) is 0 Å². The van der Waals surface area contributed by atoms with Crippen molar-refractivity contribution < 1.29 is 18.7 Å². The first-order valence-corrected chi connectivity index (χ1v) is 11.4. The lowest BCUT2D eigenvalue weighted by Gasteiger charge is -2.27. The fourth-order valence-corrected chi connectivity index (χ4v) is 4.66. The van der Waals surface area contributed by atoms with E-state index in [1.54, 1.807) is 31.5 Å². The number of aromatic nitrogens is 1. The number of methoxy groups -OCH3 is 2. The number of hydrogen-bond donors (Lipinski definition) is 1. The number of anilines is 1. The molecular formula is C27H23N3O4S. The quantitative estimate of drug-likeness (QED) is 0.291. The highest BCUT2D eigenvalue weighted by Gasteiger charge is 2.43. The average Bonchev–Trinajstić information content (AvgIpc) is 3.53. The molecule has 0 amide bonds. The molecule has 1 aliphatic heterocycles. The Morgan fingerprint density at radius 3 is 2.63 bits per heavy atom. The van der Waals surface area contributed by atoms with Crippen LogP contribution < -0.4 is 15.0 Å². The molecule has 2 aromatic carbocycles. The molecule has 0 unspecified atom stereocenters. The van der Waals surface area contributed by atoms with Gasteiger partial charge in [-0.3, -0.25) is 4.98 Å². The minimum atomic E-state index is -0.401. The van der Waals surface area contributed by atoms with Gasteiger partial charge in [0.05, 0.1) is 37.2 Å². The molecule has 1 saturated heterocycles. The zero-order valence-electron chi connectivity index (χ0n) is 19.2. The van der Waals surface area contributed by atoms with E-state index in [9.17, 15) is 4.79 Å². The molecule has 4 aromatic rings. The van der Waals surface area contributed by atoms with Gasteiger partial charge in [0.1, 0.15) is 23.3 Å². The van der Waals surface area contributed by atoms with Crippen LogP contribution in [-0.4, -0.2) is 30.3 Å². The molecule has 1 N–H and O–H groups in total. The van der Waals surface area contributed by atoms with Gasteiger partial charge in [0.25, 0.3) is 0 Å². The van der Waals surface area contributed by atoms with Crippen molar-refractivity contribution in [2.24, 2.45) is 0 Å². The van der Waals surface area contributed by atoms with Crippen molar-refractivity contribution in [2.45, 2.75) is 12.1 Å². The van der Waals surface area contributed by atoms with Crippen molar-refractivity contribution in [2.75, 3.05) is 19.1 Å². The summed E-state index contributed by atoms with van der Waals surface area (Å²) < 4.78 is 16.9. The molecule has 0 bridgehead atoms. The molecule has 35 heavy (non-hydrogen) atoms. The van der Waals surface area contributed by atoms with Crippen molar-refractivity contribution in [1.29, 1.82) is 0 Å². The average molecular weight is 486 g/mol. The van der Waals surface area contributed by atoms with Crippen molar-refractivity contribution in [3.63, 3.8) is 0 Å². The summed E-state index contributed by atoms with van der Waals surface area (Å²) in [5.41, 5.74) is 2.88. The van der Waals surface area contributed by atoms with E-state index in [1.807, 2.05) is 65.6 Å². The minimum absolute atomic E-state index is 0.256. The van der Waals surface area contributed by atoms with Gasteiger partial charge >= 0.3 is 5.97 Å². The van der Waals surface area contributed by atoms with Crippen LogP contribution in [0.2, 0.25) is 0 Å². The first-order chi connectivity index (χ1) is 17.1. The fraction of sp³-hybridized carbons (Fsp3) is 0.148. The van der Waals surface area contributed by atoms with E-state index in [0.29, 0.717) is 27.9 Å². The largest absolute Gasteiger partial charge is 0.495 e. The van der Waals surface area contributed by atoms with Gasteiger partial charge in [-0.2, -0.15) is 0 Å². The predicted octanol–water partition coefficient (Wildman–Crippen LogP) is 5.31. The summed E-state index contributed by atoms with van der Waals surface area (Å²) in [6.07, 6.45) is 1.76. The zero-order chi connectivity index (χ0) is 24.4. The smallest absolute Gasteiger partial charge is 0.337 e. The minimum Gasteiger partial charge on any atom is -0.495 e. The summed E-state index contributed by atoms with van der Waals surface area (Å²) in [6, 6.07) is 23.9. The van der Waals surface area contributed by atoms with Crippen molar-refractivity contribution in [3.05, 3.63) is 102 Å². The maximum Gasteiger partial charge on any atom is 0.337 e. The van der Waals surface area contributed by atoms with Crippen molar-refractivity contribution in [3.8, 4) is 17.1 Å². The Balaban J connectivity index is 1.60. The number of esters is 1. The number of carbonyl (C=O) groups is 1. The molecule has 7 nitrogen and oxygen atoms in total. The van der Waals surface area contributed by atoms with E-state index in [1.165, 1.54) is 7.11 Å². The van der Waals surface area contributed by atoms with E-state index in [-0.39, 0.29) is 12.1 Å². The van der Waals surface area contributed by atoms with Crippen molar-refractivity contribution >= 4 is 29.0 Å². The molecular weight excluding hydrogens is 462 g/mol. The van der Waals surface area contributed by atoms with E-state index in [0.717, 1.165) is 16.9 Å². The Labute approximate surface area is 208 Å². The molecule has 176 valence electrons. The molecule has 2 aromatic heterocycles. The van der Waals surface area contributed by atoms with Crippen LogP contribution in [0, 0.1) is 0 Å². The normalized spacial score (nSPS) is 17.2. The Kier molecular flexibility index (Phi) is 6.20. The number of pyridine rings is 1. The maximum atomic E-state index is 12.0. The van der Waals surface area contributed by atoms with Gasteiger partial charge in [-0.05, 0) is 60.7 Å². The third-order valence-corrected chi connectivity index (χ3v) is 6.24. The highest BCUT2D eigenvalue weighted by Crippen LogP contribution is 2.45. The highest BCUT2D eigenvalue weighted by atomic mass is 32.1. The van der Waals surface area contributed by atoms with E-state index < -0.39 is 5.97 Å². The lowest BCUT2D eigenvalue weighted by atomic mass is 10.0.